The summed E-state index contributed by atoms with van der Waals surface area (Å²) < 4.78 is 1.09. The van der Waals surface area contributed by atoms with E-state index in [1.165, 1.54) is 18.5 Å². The first-order valence-electron chi connectivity index (χ1n) is 12.8. The molecule has 1 atom stereocenters. The molecule has 11 heteroatoms. The average Bonchev–Trinajstić information content (AvgIpc) is 2.93. The Morgan fingerprint density at radius 1 is 0.974 bits per heavy atom. The van der Waals surface area contributed by atoms with E-state index >= 15 is 0 Å². The van der Waals surface area contributed by atoms with Crippen LogP contribution in [0.3, 0.4) is 0 Å². The summed E-state index contributed by atoms with van der Waals surface area (Å²) >= 11 is 3.33. The Bertz CT molecular complexity index is 1410. The lowest BCUT2D eigenvalue weighted by Gasteiger charge is -2.34. The van der Waals surface area contributed by atoms with Crippen molar-refractivity contribution in [2.45, 2.75) is 38.1 Å². The minimum absolute atomic E-state index is 0.177. The number of piperidine rings is 2. The van der Waals surface area contributed by atoms with Crippen LogP contribution in [0.15, 0.2) is 53.3 Å². The van der Waals surface area contributed by atoms with Crippen molar-refractivity contribution in [1.29, 1.82) is 0 Å². The molecule has 2 saturated heterocycles. The molecule has 0 saturated carbocycles. The number of nitrogens with one attached hydrogen (secondary N) is 1. The number of aromatic nitrogens is 1. The van der Waals surface area contributed by atoms with E-state index in [1.807, 2.05) is 18.2 Å². The van der Waals surface area contributed by atoms with Gasteiger partial charge in [0.1, 0.15) is 11.3 Å². The molecule has 3 aromatic rings. The van der Waals surface area contributed by atoms with E-state index in [9.17, 15) is 24.9 Å². The summed E-state index contributed by atoms with van der Waals surface area (Å²) in [6.07, 6.45) is 6.93. The van der Waals surface area contributed by atoms with Crippen LogP contribution >= 0.6 is 15.9 Å². The number of likely N-dealkylation sites (tertiary alicyclic amines) is 2. The molecule has 0 radical (unpaired) electrons. The van der Waals surface area contributed by atoms with E-state index in [-0.39, 0.29) is 41.3 Å². The molecule has 2 aliphatic heterocycles. The SMILES string of the molecule is O=C(c1cc(Br)cc([N+](=O)[O-])c1N[C@@H]1CCCN(C(=O)c2c[n+]([O-])cc3ccccc23)C1)N1CCCCC1. The van der Waals surface area contributed by atoms with Crippen molar-refractivity contribution in [3.8, 4) is 0 Å². The lowest BCUT2D eigenvalue weighted by atomic mass is 10.0. The summed E-state index contributed by atoms with van der Waals surface area (Å²) in [6.45, 7) is 2.02. The molecule has 0 bridgehead atoms. The van der Waals surface area contributed by atoms with Gasteiger partial charge in [0, 0.05) is 53.5 Å². The van der Waals surface area contributed by atoms with Crippen LogP contribution in [0.1, 0.15) is 52.8 Å². The van der Waals surface area contributed by atoms with Gasteiger partial charge in [-0.1, -0.05) is 34.1 Å². The van der Waals surface area contributed by atoms with Gasteiger partial charge in [-0.05, 0) is 44.2 Å². The van der Waals surface area contributed by atoms with Crippen molar-refractivity contribution in [2.24, 2.45) is 0 Å². The summed E-state index contributed by atoms with van der Waals surface area (Å²) in [7, 11) is 0. The number of amides is 2. The molecule has 5 rings (SSSR count). The van der Waals surface area contributed by atoms with Crippen molar-refractivity contribution < 1.29 is 19.2 Å². The fraction of sp³-hybridized carbons (Fsp3) is 0.370. The van der Waals surface area contributed by atoms with E-state index < -0.39 is 4.92 Å². The minimum Gasteiger partial charge on any atom is -0.619 e. The average molecular weight is 582 g/mol. The van der Waals surface area contributed by atoms with Crippen LogP contribution in [0.2, 0.25) is 0 Å². The van der Waals surface area contributed by atoms with E-state index in [4.69, 9.17) is 0 Å². The van der Waals surface area contributed by atoms with Gasteiger partial charge >= 0.3 is 0 Å². The molecule has 1 aromatic heterocycles. The lowest BCUT2D eigenvalue weighted by Crippen LogP contribution is -2.46. The first kappa shape index (κ1) is 25.9. The summed E-state index contributed by atoms with van der Waals surface area (Å²) in [5.41, 5.74) is 0.549. The Morgan fingerprint density at radius 3 is 2.45 bits per heavy atom. The number of anilines is 1. The fourth-order valence-corrected chi connectivity index (χ4v) is 5.82. The van der Waals surface area contributed by atoms with Crippen molar-refractivity contribution in [1.82, 2.24) is 9.80 Å². The number of rotatable bonds is 5. The number of nitro benzene ring substituents is 1. The smallest absolute Gasteiger partial charge is 0.294 e. The Balaban J connectivity index is 1.43. The second-order valence-corrected chi connectivity index (χ2v) is 10.7. The highest BCUT2D eigenvalue weighted by molar-refractivity contribution is 9.10. The Kier molecular flexibility index (Phi) is 7.46. The molecular weight excluding hydrogens is 554 g/mol. The van der Waals surface area contributed by atoms with Crippen molar-refractivity contribution >= 4 is 49.9 Å². The monoisotopic (exact) mass is 581 g/mol. The van der Waals surface area contributed by atoms with Crippen molar-refractivity contribution in [3.63, 3.8) is 0 Å². The molecule has 2 amide bonds. The Hall–Kier alpha value is -3.73. The maximum atomic E-state index is 13.5. The predicted octanol–water partition coefficient (Wildman–Crippen LogP) is 4.49. The summed E-state index contributed by atoms with van der Waals surface area (Å²) in [4.78, 5) is 41.9. The number of pyridine rings is 1. The summed E-state index contributed by atoms with van der Waals surface area (Å²) in [5, 5.41) is 28.8. The Morgan fingerprint density at radius 2 is 1.68 bits per heavy atom. The van der Waals surface area contributed by atoms with Gasteiger partial charge < -0.3 is 20.3 Å². The molecule has 0 aliphatic carbocycles. The first-order valence-corrected chi connectivity index (χ1v) is 13.6. The molecule has 2 fully saturated rings. The molecule has 1 N–H and O–H groups in total. The van der Waals surface area contributed by atoms with Gasteiger partial charge in [-0.25, -0.2) is 0 Å². The standard InChI is InChI=1S/C27H28BrN5O5/c28-19-13-22(26(34)30-10-4-1-5-11-30)25(24(14-19)33(37)38)29-20-8-6-12-31(16-20)27(35)23-17-32(36)15-18-7-2-3-9-21(18)23/h2-3,7,9,13-15,17,20,29H,1,4-6,8,10-12,16H2/t20-/m1/s1. The lowest BCUT2D eigenvalue weighted by molar-refractivity contribution is -0.604. The van der Waals surface area contributed by atoms with Gasteiger partial charge in [0.05, 0.1) is 10.5 Å². The Labute approximate surface area is 228 Å². The highest BCUT2D eigenvalue weighted by Crippen LogP contribution is 2.35. The second-order valence-electron chi connectivity index (χ2n) is 9.81. The fourth-order valence-electron chi connectivity index (χ4n) is 5.37. The van der Waals surface area contributed by atoms with Crippen LogP contribution in [0, 0.1) is 15.3 Å². The largest absolute Gasteiger partial charge is 0.619 e. The van der Waals surface area contributed by atoms with Gasteiger partial charge in [-0.15, -0.1) is 0 Å². The van der Waals surface area contributed by atoms with Crippen molar-refractivity contribution in [2.75, 3.05) is 31.5 Å². The quantitative estimate of drug-likeness (QED) is 0.205. The molecule has 2 aromatic carbocycles. The maximum absolute atomic E-state index is 13.5. The van der Waals surface area contributed by atoms with Gasteiger partial charge in [0.15, 0.2) is 12.4 Å². The molecular formula is C27H28BrN5O5. The number of fused-ring (bicyclic) bond motifs is 1. The highest BCUT2D eigenvalue weighted by Gasteiger charge is 2.32. The molecule has 2 aliphatic rings. The van der Waals surface area contributed by atoms with Gasteiger partial charge in [-0.3, -0.25) is 19.7 Å². The number of nitrogens with zero attached hydrogens (tertiary/aromatic N) is 4. The number of nitro groups is 1. The maximum Gasteiger partial charge on any atom is 0.294 e. The number of hydrogen-bond acceptors (Lipinski definition) is 6. The second kappa shape index (κ2) is 10.9. The zero-order valence-electron chi connectivity index (χ0n) is 20.8. The van der Waals surface area contributed by atoms with Crippen LogP contribution in [-0.4, -0.2) is 58.8 Å². The summed E-state index contributed by atoms with van der Waals surface area (Å²) in [5.74, 6) is -0.510. The van der Waals surface area contributed by atoms with E-state index in [0.717, 1.165) is 19.3 Å². The van der Waals surface area contributed by atoms with E-state index in [0.29, 0.717) is 58.0 Å². The topological polar surface area (TPSA) is 123 Å². The van der Waals surface area contributed by atoms with Crippen LogP contribution in [0.25, 0.3) is 10.8 Å². The highest BCUT2D eigenvalue weighted by atomic mass is 79.9. The third kappa shape index (κ3) is 5.28. The van der Waals surface area contributed by atoms with Crippen molar-refractivity contribution in [3.05, 3.63) is 79.7 Å². The van der Waals surface area contributed by atoms with Gasteiger partial charge in [-0.2, -0.15) is 4.73 Å². The van der Waals surface area contributed by atoms with Crippen LogP contribution in [0.5, 0.6) is 0 Å². The zero-order valence-corrected chi connectivity index (χ0v) is 22.4. The van der Waals surface area contributed by atoms with Crippen LogP contribution < -0.4 is 10.0 Å². The molecule has 0 unspecified atom stereocenters. The predicted molar refractivity (Wildman–Crippen MR) is 146 cm³/mol. The minimum atomic E-state index is -0.491. The zero-order chi connectivity index (χ0) is 26.8. The van der Waals surface area contributed by atoms with Crippen LogP contribution in [-0.2, 0) is 0 Å². The number of halogens is 1. The normalized spacial score (nSPS) is 17.9. The first-order chi connectivity index (χ1) is 18.3. The van der Waals surface area contributed by atoms with E-state index in [2.05, 4.69) is 21.2 Å². The molecule has 3 heterocycles. The van der Waals surface area contributed by atoms with Crippen LogP contribution in [0.4, 0.5) is 11.4 Å². The number of carbonyl (C=O) groups excluding carboxylic acids is 2. The molecule has 198 valence electrons. The number of hydrogen-bond donors (Lipinski definition) is 1. The molecule has 38 heavy (non-hydrogen) atoms. The van der Waals surface area contributed by atoms with Gasteiger partial charge in [0.2, 0.25) is 0 Å². The van der Waals surface area contributed by atoms with E-state index in [1.54, 1.807) is 21.9 Å². The molecule has 0 spiro atoms. The third-order valence-electron chi connectivity index (χ3n) is 7.21. The summed E-state index contributed by atoms with van der Waals surface area (Å²) in [6, 6.07) is 9.94. The molecule has 10 nitrogen and oxygen atoms in total. The van der Waals surface area contributed by atoms with Gasteiger partial charge in [0.25, 0.3) is 17.5 Å². The number of benzene rings is 2. The number of carbonyl (C=O) groups is 2. The third-order valence-corrected chi connectivity index (χ3v) is 7.67.